The second kappa shape index (κ2) is 8.35. The molecular weight excluding hydrogens is 228 g/mol. The van der Waals surface area contributed by atoms with Crippen molar-refractivity contribution in [3.63, 3.8) is 0 Å². The van der Waals surface area contributed by atoms with Crippen LogP contribution in [0.15, 0.2) is 0 Å². The predicted molar refractivity (Wildman–Crippen MR) is 73.5 cm³/mol. The van der Waals surface area contributed by atoms with Gasteiger partial charge in [-0.15, -0.1) is 0 Å². The lowest BCUT2D eigenvalue weighted by molar-refractivity contribution is 0.174. The number of aliphatic hydroxyl groups is 1. The van der Waals surface area contributed by atoms with Crippen molar-refractivity contribution < 1.29 is 9.90 Å². The number of nitrogens with one attached hydrogen (secondary N) is 1. The van der Waals surface area contributed by atoms with E-state index < -0.39 is 0 Å². The standard InChI is InChI=1S/C14H28N2O2/c1-3-5-7-12-8-6-9-13(12)15-14(18)16(4-2)10-11-17/h12-13,17H,3-11H2,1-2H3,(H,15,18). The first-order valence-corrected chi connectivity index (χ1v) is 7.39. The van der Waals surface area contributed by atoms with Crippen LogP contribution < -0.4 is 5.32 Å². The molecule has 2 unspecified atom stereocenters. The summed E-state index contributed by atoms with van der Waals surface area (Å²) in [6.07, 6.45) is 7.29. The van der Waals surface area contributed by atoms with Crippen LogP contribution in [0, 0.1) is 5.92 Å². The summed E-state index contributed by atoms with van der Waals surface area (Å²) in [5, 5.41) is 12.1. The first-order chi connectivity index (χ1) is 8.72. The van der Waals surface area contributed by atoms with Gasteiger partial charge in [-0.3, -0.25) is 0 Å². The van der Waals surface area contributed by atoms with Crippen molar-refractivity contribution >= 4 is 6.03 Å². The lowest BCUT2D eigenvalue weighted by atomic mass is 9.97. The maximum Gasteiger partial charge on any atom is 0.317 e. The second-order valence-corrected chi connectivity index (χ2v) is 5.19. The van der Waals surface area contributed by atoms with Crippen LogP contribution in [0.2, 0.25) is 0 Å². The Bertz CT molecular complexity index is 246. The minimum atomic E-state index is -0.0139. The molecule has 0 bridgehead atoms. The van der Waals surface area contributed by atoms with Gasteiger partial charge >= 0.3 is 6.03 Å². The van der Waals surface area contributed by atoms with Crippen LogP contribution in [0.25, 0.3) is 0 Å². The Morgan fingerprint density at radius 1 is 1.39 bits per heavy atom. The van der Waals surface area contributed by atoms with E-state index in [4.69, 9.17) is 5.11 Å². The molecule has 0 saturated heterocycles. The summed E-state index contributed by atoms with van der Waals surface area (Å²) in [6, 6.07) is 0.330. The Morgan fingerprint density at radius 3 is 2.78 bits per heavy atom. The van der Waals surface area contributed by atoms with Gasteiger partial charge in [0, 0.05) is 19.1 Å². The normalized spacial score (nSPS) is 23.1. The second-order valence-electron chi connectivity index (χ2n) is 5.19. The van der Waals surface area contributed by atoms with Gasteiger partial charge < -0.3 is 15.3 Å². The zero-order valence-corrected chi connectivity index (χ0v) is 11.8. The van der Waals surface area contributed by atoms with E-state index in [9.17, 15) is 4.79 Å². The number of rotatable bonds is 7. The largest absolute Gasteiger partial charge is 0.395 e. The van der Waals surface area contributed by atoms with E-state index in [0.29, 0.717) is 25.0 Å². The van der Waals surface area contributed by atoms with Crippen LogP contribution in [0.4, 0.5) is 4.79 Å². The van der Waals surface area contributed by atoms with Gasteiger partial charge in [-0.2, -0.15) is 0 Å². The molecule has 0 aromatic rings. The van der Waals surface area contributed by atoms with Gasteiger partial charge in [0.1, 0.15) is 0 Å². The first-order valence-electron chi connectivity index (χ1n) is 7.39. The van der Waals surface area contributed by atoms with Gasteiger partial charge in [0.25, 0.3) is 0 Å². The van der Waals surface area contributed by atoms with Gasteiger partial charge in [-0.1, -0.05) is 26.2 Å². The van der Waals surface area contributed by atoms with Crippen LogP contribution in [0.1, 0.15) is 52.4 Å². The van der Waals surface area contributed by atoms with Crippen LogP contribution in [0.5, 0.6) is 0 Å². The number of likely N-dealkylation sites (N-methyl/N-ethyl adjacent to an activating group) is 1. The maximum absolute atomic E-state index is 12.0. The van der Waals surface area contributed by atoms with E-state index >= 15 is 0 Å². The molecule has 4 nitrogen and oxygen atoms in total. The van der Waals surface area contributed by atoms with Crippen LogP contribution in [-0.2, 0) is 0 Å². The third-order valence-corrected chi connectivity index (χ3v) is 3.94. The monoisotopic (exact) mass is 256 g/mol. The molecule has 2 N–H and O–H groups in total. The molecule has 0 radical (unpaired) electrons. The Balaban J connectivity index is 2.41. The summed E-state index contributed by atoms with van der Waals surface area (Å²) < 4.78 is 0. The predicted octanol–water partition coefficient (Wildman–Crippen LogP) is 2.37. The molecule has 1 aliphatic rings. The minimum Gasteiger partial charge on any atom is -0.395 e. The molecule has 0 aromatic carbocycles. The number of aliphatic hydroxyl groups excluding tert-OH is 1. The third kappa shape index (κ3) is 4.48. The van der Waals surface area contributed by atoms with Crippen molar-refractivity contribution in [1.29, 1.82) is 0 Å². The molecular formula is C14H28N2O2. The maximum atomic E-state index is 12.0. The highest BCUT2D eigenvalue weighted by molar-refractivity contribution is 5.74. The molecule has 1 aliphatic carbocycles. The fraction of sp³-hybridized carbons (Fsp3) is 0.929. The first kappa shape index (κ1) is 15.3. The summed E-state index contributed by atoms with van der Waals surface area (Å²) in [4.78, 5) is 13.7. The quantitative estimate of drug-likeness (QED) is 0.734. The van der Waals surface area contributed by atoms with E-state index in [1.54, 1.807) is 4.90 Å². The third-order valence-electron chi connectivity index (χ3n) is 3.94. The van der Waals surface area contributed by atoms with E-state index in [-0.39, 0.29) is 12.6 Å². The average molecular weight is 256 g/mol. The van der Waals surface area contributed by atoms with Crippen molar-refractivity contribution in [3.8, 4) is 0 Å². The fourth-order valence-electron chi connectivity index (χ4n) is 2.81. The fourth-order valence-corrected chi connectivity index (χ4v) is 2.81. The molecule has 2 atom stereocenters. The topological polar surface area (TPSA) is 52.6 Å². The van der Waals surface area contributed by atoms with Crippen LogP contribution in [0.3, 0.4) is 0 Å². The Hall–Kier alpha value is -0.770. The van der Waals surface area contributed by atoms with Gasteiger partial charge in [-0.05, 0) is 32.1 Å². The lowest BCUT2D eigenvalue weighted by Crippen LogP contribution is -2.46. The number of urea groups is 1. The molecule has 1 fully saturated rings. The Morgan fingerprint density at radius 2 is 2.17 bits per heavy atom. The van der Waals surface area contributed by atoms with Crippen molar-refractivity contribution in [2.45, 2.75) is 58.4 Å². The number of carbonyl (C=O) groups excluding carboxylic acids is 1. The Kier molecular flexibility index (Phi) is 7.09. The summed E-state index contributed by atoms with van der Waals surface area (Å²) in [5.74, 6) is 0.654. The molecule has 4 heteroatoms. The average Bonchev–Trinajstić information content (AvgIpc) is 2.80. The van der Waals surface area contributed by atoms with E-state index in [0.717, 1.165) is 6.42 Å². The van der Waals surface area contributed by atoms with E-state index in [2.05, 4.69) is 12.2 Å². The summed E-state index contributed by atoms with van der Waals surface area (Å²) in [7, 11) is 0. The Labute approximate surface area is 111 Å². The molecule has 0 aliphatic heterocycles. The van der Waals surface area contributed by atoms with Gasteiger partial charge in [0.15, 0.2) is 0 Å². The van der Waals surface area contributed by atoms with Gasteiger partial charge in [0.05, 0.1) is 6.61 Å². The number of hydrogen-bond acceptors (Lipinski definition) is 2. The molecule has 18 heavy (non-hydrogen) atoms. The van der Waals surface area contributed by atoms with Crippen LogP contribution in [-0.4, -0.2) is 41.8 Å². The SMILES string of the molecule is CCCCC1CCCC1NC(=O)N(CC)CCO. The zero-order valence-electron chi connectivity index (χ0n) is 11.8. The molecule has 0 aromatic heterocycles. The summed E-state index contributed by atoms with van der Waals surface area (Å²) in [6.45, 7) is 5.26. The number of unbranched alkanes of at least 4 members (excludes halogenated alkanes) is 1. The van der Waals surface area contributed by atoms with Gasteiger partial charge in [0.2, 0.25) is 0 Å². The number of hydrogen-bond donors (Lipinski definition) is 2. The lowest BCUT2D eigenvalue weighted by Gasteiger charge is -2.26. The zero-order chi connectivity index (χ0) is 13.4. The highest BCUT2D eigenvalue weighted by Gasteiger charge is 2.28. The summed E-state index contributed by atoms with van der Waals surface area (Å²) >= 11 is 0. The van der Waals surface area contributed by atoms with E-state index in [1.807, 2.05) is 6.92 Å². The van der Waals surface area contributed by atoms with Crippen molar-refractivity contribution in [2.24, 2.45) is 5.92 Å². The number of carbonyl (C=O) groups is 1. The highest BCUT2D eigenvalue weighted by Crippen LogP contribution is 2.29. The smallest absolute Gasteiger partial charge is 0.317 e. The molecule has 0 spiro atoms. The van der Waals surface area contributed by atoms with Crippen molar-refractivity contribution in [1.82, 2.24) is 10.2 Å². The molecule has 2 amide bonds. The van der Waals surface area contributed by atoms with Crippen molar-refractivity contribution in [2.75, 3.05) is 19.7 Å². The number of nitrogens with zero attached hydrogens (tertiary/aromatic N) is 1. The summed E-state index contributed by atoms with van der Waals surface area (Å²) in [5.41, 5.74) is 0. The van der Waals surface area contributed by atoms with Crippen LogP contribution >= 0.6 is 0 Å². The highest BCUT2D eigenvalue weighted by atomic mass is 16.3. The molecule has 1 rings (SSSR count). The van der Waals surface area contributed by atoms with E-state index in [1.165, 1.54) is 32.1 Å². The van der Waals surface area contributed by atoms with Gasteiger partial charge in [-0.25, -0.2) is 4.79 Å². The van der Waals surface area contributed by atoms with Crippen molar-refractivity contribution in [3.05, 3.63) is 0 Å². The number of amides is 2. The minimum absolute atomic E-state index is 0.0139. The molecule has 0 heterocycles. The molecule has 106 valence electrons. The molecule has 1 saturated carbocycles.